The highest BCUT2D eigenvalue weighted by Gasteiger charge is 2.58. The van der Waals surface area contributed by atoms with Crippen molar-refractivity contribution in [2.75, 3.05) is 0 Å². The first-order valence-electron chi connectivity index (χ1n) is 5.29. The highest BCUT2D eigenvalue weighted by Crippen LogP contribution is 2.55. The van der Waals surface area contributed by atoms with E-state index in [1.807, 2.05) is 0 Å². The summed E-state index contributed by atoms with van der Waals surface area (Å²) in [6, 6.07) is 6.54. The molecule has 78 valence electrons. The van der Waals surface area contributed by atoms with E-state index in [2.05, 4.69) is 5.32 Å². The first-order valence-corrected chi connectivity index (χ1v) is 5.29. The lowest BCUT2D eigenvalue weighted by Gasteiger charge is -2.54. The number of hydrogen-bond acceptors (Lipinski definition) is 1. The van der Waals surface area contributed by atoms with Gasteiger partial charge in [0.2, 0.25) is 5.91 Å². The second-order valence-corrected chi connectivity index (χ2v) is 4.47. The summed E-state index contributed by atoms with van der Waals surface area (Å²) in [7, 11) is 0. The van der Waals surface area contributed by atoms with E-state index in [-0.39, 0.29) is 23.2 Å². The summed E-state index contributed by atoms with van der Waals surface area (Å²) in [6.07, 6.45) is 3.08. The smallest absolute Gasteiger partial charge is 0.229 e. The Hall–Kier alpha value is -1.38. The summed E-state index contributed by atoms with van der Waals surface area (Å²) in [4.78, 5) is 11.5. The van der Waals surface area contributed by atoms with Crippen molar-refractivity contribution in [3.8, 4) is 0 Å². The molecule has 15 heavy (non-hydrogen) atoms. The minimum atomic E-state index is -0.230. The molecule has 1 aliphatic carbocycles. The topological polar surface area (TPSA) is 29.1 Å². The molecule has 2 fully saturated rings. The van der Waals surface area contributed by atoms with Gasteiger partial charge in [-0.1, -0.05) is 18.6 Å². The predicted octanol–water partition coefficient (Wildman–Crippen LogP) is 2.17. The maximum Gasteiger partial charge on any atom is 0.229 e. The number of hydrogen-bond donors (Lipinski definition) is 1. The van der Waals surface area contributed by atoms with Crippen LogP contribution in [0.5, 0.6) is 0 Å². The second kappa shape index (κ2) is 2.81. The number of β-lactam (4-membered cyclic amide) rings is 1. The largest absolute Gasteiger partial charge is 0.348 e. The fourth-order valence-electron chi connectivity index (χ4n) is 2.60. The Kier molecular flexibility index (Phi) is 1.67. The summed E-state index contributed by atoms with van der Waals surface area (Å²) in [5.41, 5.74) is 0.869. The molecule has 1 amide bonds. The average Bonchev–Trinajstić information content (AvgIpc) is 2.13. The van der Waals surface area contributed by atoms with Crippen molar-refractivity contribution in [3.63, 3.8) is 0 Å². The maximum absolute atomic E-state index is 12.7. The monoisotopic (exact) mass is 205 g/mol. The van der Waals surface area contributed by atoms with Gasteiger partial charge in [0.15, 0.2) is 0 Å². The van der Waals surface area contributed by atoms with Gasteiger partial charge in [-0.05, 0) is 30.5 Å². The van der Waals surface area contributed by atoms with Crippen LogP contribution < -0.4 is 5.32 Å². The van der Waals surface area contributed by atoms with Gasteiger partial charge in [0.25, 0.3) is 0 Å². The molecule has 0 radical (unpaired) electrons. The van der Waals surface area contributed by atoms with E-state index in [1.54, 1.807) is 12.1 Å². The first kappa shape index (κ1) is 8.89. The van der Waals surface area contributed by atoms with Crippen LogP contribution in [0.25, 0.3) is 0 Å². The standard InChI is InChI=1S/C12H12FNO/c13-9-4-2-8(3-5-9)10-12(6-1-7-12)11(15)14-10/h2-5,10H,1,6-7H2,(H,14,15)/t10-/m0/s1. The van der Waals surface area contributed by atoms with E-state index in [9.17, 15) is 9.18 Å². The Balaban J connectivity index is 1.90. The lowest BCUT2D eigenvalue weighted by molar-refractivity contribution is -0.155. The zero-order valence-electron chi connectivity index (χ0n) is 8.29. The fourth-order valence-corrected chi connectivity index (χ4v) is 2.60. The molecule has 0 bridgehead atoms. The number of amides is 1. The Morgan fingerprint density at radius 3 is 2.40 bits per heavy atom. The number of carbonyl (C=O) groups is 1. The van der Waals surface area contributed by atoms with E-state index >= 15 is 0 Å². The summed E-state index contributed by atoms with van der Waals surface area (Å²) in [6.45, 7) is 0. The summed E-state index contributed by atoms with van der Waals surface area (Å²) >= 11 is 0. The van der Waals surface area contributed by atoms with Crippen molar-refractivity contribution >= 4 is 5.91 Å². The molecule has 1 N–H and O–H groups in total. The van der Waals surface area contributed by atoms with Gasteiger partial charge in [0, 0.05) is 0 Å². The number of carbonyl (C=O) groups excluding carboxylic acids is 1. The summed E-state index contributed by atoms with van der Waals surface area (Å²) in [5.74, 6) is -0.0601. The molecule has 2 nitrogen and oxygen atoms in total. The van der Waals surface area contributed by atoms with Crippen LogP contribution in [0.1, 0.15) is 30.9 Å². The van der Waals surface area contributed by atoms with Gasteiger partial charge in [-0.2, -0.15) is 0 Å². The van der Waals surface area contributed by atoms with Crippen LogP contribution in [0.15, 0.2) is 24.3 Å². The number of benzene rings is 1. The van der Waals surface area contributed by atoms with Crippen molar-refractivity contribution in [1.29, 1.82) is 0 Å². The summed E-state index contributed by atoms with van der Waals surface area (Å²) in [5, 5.41) is 2.91. The van der Waals surface area contributed by atoms with Crippen LogP contribution in [0, 0.1) is 11.2 Å². The zero-order valence-corrected chi connectivity index (χ0v) is 8.29. The predicted molar refractivity (Wildman–Crippen MR) is 53.6 cm³/mol. The second-order valence-electron chi connectivity index (χ2n) is 4.47. The van der Waals surface area contributed by atoms with E-state index in [4.69, 9.17) is 0 Å². The van der Waals surface area contributed by atoms with Crippen molar-refractivity contribution < 1.29 is 9.18 Å². The maximum atomic E-state index is 12.7. The average molecular weight is 205 g/mol. The van der Waals surface area contributed by atoms with E-state index in [0.717, 1.165) is 24.8 Å². The molecule has 1 aromatic rings. The Morgan fingerprint density at radius 2 is 1.93 bits per heavy atom. The Morgan fingerprint density at radius 1 is 1.27 bits per heavy atom. The molecule has 0 unspecified atom stereocenters. The van der Waals surface area contributed by atoms with E-state index in [1.165, 1.54) is 12.1 Å². The van der Waals surface area contributed by atoms with E-state index < -0.39 is 0 Å². The minimum Gasteiger partial charge on any atom is -0.348 e. The molecule has 1 aliphatic heterocycles. The SMILES string of the molecule is O=C1N[C@@H](c2ccc(F)cc2)C12CCC2. The lowest BCUT2D eigenvalue weighted by Crippen LogP contribution is -2.64. The Bertz CT molecular complexity index is 408. The molecule has 1 heterocycles. The Labute approximate surface area is 87.5 Å². The van der Waals surface area contributed by atoms with Crippen molar-refractivity contribution in [2.45, 2.75) is 25.3 Å². The lowest BCUT2D eigenvalue weighted by atomic mass is 9.57. The third-order valence-corrected chi connectivity index (χ3v) is 3.73. The van der Waals surface area contributed by atoms with Crippen LogP contribution in [-0.2, 0) is 4.79 Å². The third-order valence-electron chi connectivity index (χ3n) is 3.73. The fraction of sp³-hybridized carbons (Fsp3) is 0.417. The van der Waals surface area contributed by atoms with Gasteiger partial charge in [0.05, 0.1) is 11.5 Å². The van der Waals surface area contributed by atoms with Gasteiger partial charge >= 0.3 is 0 Å². The normalized spacial score (nSPS) is 26.7. The molecule has 3 rings (SSSR count). The molecular weight excluding hydrogens is 193 g/mol. The molecule has 1 aromatic carbocycles. The minimum absolute atomic E-state index is 0.111. The van der Waals surface area contributed by atoms with Gasteiger partial charge in [-0.25, -0.2) is 4.39 Å². The van der Waals surface area contributed by atoms with Crippen LogP contribution >= 0.6 is 0 Å². The zero-order chi connectivity index (χ0) is 10.5. The molecule has 1 saturated carbocycles. The highest BCUT2D eigenvalue weighted by atomic mass is 19.1. The van der Waals surface area contributed by atoms with Crippen LogP contribution in [0.4, 0.5) is 4.39 Å². The molecule has 1 spiro atoms. The number of nitrogens with one attached hydrogen (secondary N) is 1. The number of rotatable bonds is 1. The van der Waals surface area contributed by atoms with Gasteiger partial charge in [-0.3, -0.25) is 4.79 Å². The molecular formula is C12H12FNO. The number of halogens is 1. The van der Waals surface area contributed by atoms with Crippen LogP contribution in [0.2, 0.25) is 0 Å². The van der Waals surface area contributed by atoms with Crippen molar-refractivity contribution in [1.82, 2.24) is 5.32 Å². The first-order chi connectivity index (χ1) is 7.22. The molecule has 1 saturated heterocycles. The van der Waals surface area contributed by atoms with Crippen molar-refractivity contribution in [2.24, 2.45) is 5.41 Å². The quantitative estimate of drug-likeness (QED) is 0.699. The van der Waals surface area contributed by atoms with Gasteiger partial charge in [-0.15, -0.1) is 0 Å². The van der Waals surface area contributed by atoms with Crippen LogP contribution in [0.3, 0.4) is 0 Å². The van der Waals surface area contributed by atoms with Gasteiger partial charge < -0.3 is 5.32 Å². The van der Waals surface area contributed by atoms with E-state index in [0.29, 0.717) is 0 Å². The summed E-state index contributed by atoms with van der Waals surface area (Å²) < 4.78 is 12.7. The molecule has 0 aromatic heterocycles. The molecule has 3 heteroatoms. The third kappa shape index (κ3) is 1.06. The van der Waals surface area contributed by atoms with Gasteiger partial charge in [0.1, 0.15) is 5.82 Å². The van der Waals surface area contributed by atoms with Crippen LogP contribution in [-0.4, -0.2) is 5.91 Å². The highest BCUT2D eigenvalue weighted by molar-refractivity contribution is 5.91. The molecule has 2 aliphatic rings. The van der Waals surface area contributed by atoms with Crippen molar-refractivity contribution in [3.05, 3.63) is 35.6 Å². The molecule has 1 atom stereocenters.